The number of fused-ring (bicyclic) bond motifs is 1. The molecule has 124 valence electrons. The zero-order chi connectivity index (χ0) is 17.5. The van der Waals surface area contributed by atoms with E-state index in [-0.39, 0.29) is 5.75 Å². The second-order valence-corrected chi connectivity index (χ2v) is 5.54. The molecule has 0 unspecified atom stereocenters. The molecule has 0 saturated heterocycles. The highest BCUT2D eigenvalue weighted by Crippen LogP contribution is 2.39. The second kappa shape index (κ2) is 5.87. The van der Waals surface area contributed by atoms with Gasteiger partial charge in [0.25, 0.3) is 0 Å². The van der Waals surface area contributed by atoms with E-state index in [1.54, 1.807) is 36.4 Å². The summed E-state index contributed by atoms with van der Waals surface area (Å²) in [5.74, 6) is -1.43. The van der Waals surface area contributed by atoms with Gasteiger partial charge in [0.1, 0.15) is 5.75 Å². The monoisotopic (exact) mass is 355 g/mol. The van der Waals surface area contributed by atoms with Crippen LogP contribution in [0.3, 0.4) is 0 Å². The summed E-state index contributed by atoms with van der Waals surface area (Å²) < 4.78 is 57.2. The van der Waals surface area contributed by atoms with Crippen LogP contribution >= 0.6 is 11.6 Å². The first-order chi connectivity index (χ1) is 11.2. The molecular formula is C17H10ClF4NO. The Morgan fingerprint density at radius 2 is 1.62 bits per heavy atom. The minimum Gasteiger partial charge on any atom is -0.453 e. The van der Waals surface area contributed by atoms with Gasteiger partial charge in [-0.1, -0.05) is 23.7 Å². The summed E-state index contributed by atoms with van der Waals surface area (Å²) >= 11 is 5.75. The largest absolute Gasteiger partial charge is 0.453 e. The number of alkyl halides is 3. The van der Waals surface area contributed by atoms with E-state index < -0.39 is 28.3 Å². The van der Waals surface area contributed by atoms with Gasteiger partial charge in [0, 0.05) is 5.69 Å². The van der Waals surface area contributed by atoms with Crippen LogP contribution in [0, 0.1) is 5.82 Å². The van der Waals surface area contributed by atoms with Crippen molar-refractivity contribution in [1.82, 2.24) is 0 Å². The minimum absolute atomic E-state index is 0.230. The van der Waals surface area contributed by atoms with Crippen molar-refractivity contribution in [2.75, 3.05) is 5.73 Å². The van der Waals surface area contributed by atoms with Crippen LogP contribution in [0.15, 0.2) is 48.5 Å². The maximum absolute atomic E-state index is 14.0. The van der Waals surface area contributed by atoms with Crippen molar-refractivity contribution in [2.24, 2.45) is 0 Å². The summed E-state index contributed by atoms with van der Waals surface area (Å²) in [7, 11) is 0. The quantitative estimate of drug-likeness (QED) is 0.450. The third kappa shape index (κ3) is 3.23. The van der Waals surface area contributed by atoms with Gasteiger partial charge in [-0.05, 0) is 47.2 Å². The molecule has 0 amide bonds. The molecule has 0 bridgehead atoms. The van der Waals surface area contributed by atoms with Crippen molar-refractivity contribution in [1.29, 1.82) is 0 Å². The Balaban J connectivity index is 1.99. The highest BCUT2D eigenvalue weighted by Gasteiger charge is 2.32. The Morgan fingerprint density at radius 3 is 2.29 bits per heavy atom. The molecule has 3 aromatic carbocycles. The summed E-state index contributed by atoms with van der Waals surface area (Å²) in [6.45, 7) is 0. The summed E-state index contributed by atoms with van der Waals surface area (Å²) in [5, 5.41) is 1.17. The number of halogens is 5. The van der Waals surface area contributed by atoms with Crippen LogP contribution < -0.4 is 10.5 Å². The molecule has 7 heteroatoms. The van der Waals surface area contributed by atoms with Gasteiger partial charge in [-0.15, -0.1) is 0 Å². The van der Waals surface area contributed by atoms with Crippen molar-refractivity contribution in [3.63, 3.8) is 0 Å². The van der Waals surface area contributed by atoms with Gasteiger partial charge in [-0.25, -0.2) is 4.39 Å². The average Bonchev–Trinajstić information content (AvgIpc) is 2.49. The summed E-state index contributed by atoms with van der Waals surface area (Å²) in [6.07, 6.45) is -4.69. The van der Waals surface area contributed by atoms with Crippen LogP contribution in [0.5, 0.6) is 11.5 Å². The van der Waals surface area contributed by atoms with Crippen LogP contribution in [0.1, 0.15) is 5.56 Å². The van der Waals surface area contributed by atoms with Gasteiger partial charge in [-0.2, -0.15) is 13.2 Å². The van der Waals surface area contributed by atoms with E-state index in [0.717, 1.165) is 10.8 Å². The lowest BCUT2D eigenvalue weighted by Gasteiger charge is -2.13. The van der Waals surface area contributed by atoms with E-state index in [4.69, 9.17) is 22.1 Å². The first-order valence-electron chi connectivity index (χ1n) is 6.77. The number of hydrogen-bond acceptors (Lipinski definition) is 2. The summed E-state index contributed by atoms with van der Waals surface area (Å²) in [5.41, 5.74) is 5.07. The molecule has 0 fully saturated rings. The van der Waals surface area contributed by atoms with Gasteiger partial charge in [-0.3, -0.25) is 0 Å². The Hall–Kier alpha value is -2.47. The molecule has 3 aromatic rings. The van der Waals surface area contributed by atoms with Gasteiger partial charge in [0.2, 0.25) is 0 Å². The number of benzene rings is 3. The molecule has 0 aliphatic carbocycles. The molecule has 0 aliphatic heterocycles. The van der Waals surface area contributed by atoms with Gasteiger partial charge in [0.15, 0.2) is 11.6 Å². The normalized spacial score (nSPS) is 11.7. The Morgan fingerprint density at radius 1 is 0.917 bits per heavy atom. The molecule has 3 rings (SSSR count). The maximum atomic E-state index is 14.0. The average molecular weight is 356 g/mol. The fourth-order valence-electron chi connectivity index (χ4n) is 2.25. The Kier molecular flexibility index (Phi) is 4.01. The molecule has 0 saturated carbocycles. The molecule has 0 aliphatic rings. The maximum Gasteiger partial charge on any atom is 0.416 e. The van der Waals surface area contributed by atoms with E-state index in [0.29, 0.717) is 17.8 Å². The highest BCUT2D eigenvalue weighted by atomic mass is 35.5. The van der Waals surface area contributed by atoms with E-state index >= 15 is 0 Å². The smallest absolute Gasteiger partial charge is 0.416 e. The lowest BCUT2D eigenvalue weighted by Crippen LogP contribution is -2.06. The van der Waals surface area contributed by atoms with Crippen molar-refractivity contribution < 1.29 is 22.3 Å². The fourth-order valence-corrected chi connectivity index (χ4v) is 2.49. The molecule has 0 aromatic heterocycles. The fraction of sp³-hybridized carbons (Fsp3) is 0.0588. The molecule has 24 heavy (non-hydrogen) atoms. The van der Waals surface area contributed by atoms with Crippen molar-refractivity contribution >= 4 is 28.1 Å². The first kappa shape index (κ1) is 16.4. The zero-order valence-electron chi connectivity index (χ0n) is 12.0. The zero-order valence-corrected chi connectivity index (χ0v) is 12.8. The van der Waals surface area contributed by atoms with Crippen LogP contribution in [-0.2, 0) is 6.18 Å². The van der Waals surface area contributed by atoms with Gasteiger partial charge < -0.3 is 10.5 Å². The lowest BCUT2D eigenvalue weighted by atomic mass is 10.1. The number of anilines is 1. The topological polar surface area (TPSA) is 35.2 Å². The van der Waals surface area contributed by atoms with Crippen LogP contribution in [0.2, 0.25) is 5.02 Å². The molecule has 0 atom stereocenters. The van der Waals surface area contributed by atoms with E-state index in [2.05, 4.69) is 0 Å². The third-order valence-corrected chi connectivity index (χ3v) is 3.66. The molecule has 2 N–H and O–H groups in total. The van der Waals surface area contributed by atoms with Crippen molar-refractivity contribution in [3.05, 3.63) is 64.9 Å². The highest BCUT2D eigenvalue weighted by molar-refractivity contribution is 6.32. The molecule has 0 radical (unpaired) electrons. The predicted molar refractivity (Wildman–Crippen MR) is 84.8 cm³/mol. The van der Waals surface area contributed by atoms with E-state index in [1.165, 1.54) is 0 Å². The number of nitrogen functional groups attached to an aromatic ring is 1. The molecule has 2 nitrogen and oxygen atoms in total. The van der Waals surface area contributed by atoms with Crippen molar-refractivity contribution in [2.45, 2.75) is 6.18 Å². The predicted octanol–water partition coefficient (Wildman–Crippen LogP) is 6.03. The lowest BCUT2D eigenvalue weighted by molar-refractivity contribution is -0.137. The van der Waals surface area contributed by atoms with Crippen LogP contribution in [0.4, 0.5) is 23.2 Å². The number of rotatable bonds is 2. The molecule has 0 spiro atoms. The number of hydrogen-bond donors (Lipinski definition) is 1. The Bertz CT molecular complexity index is 901. The molecular weight excluding hydrogens is 346 g/mol. The Labute approximate surface area is 139 Å². The first-order valence-corrected chi connectivity index (χ1v) is 7.15. The standard InChI is InChI=1S/C17H10ClF4NO/c18-14-7-11(17(20,21)22)8-15(19)16(14)24-13-4-2-9-1-3-12(23)5-10(9)6-13/h1-8H,23H2. The second-order valence-electron chi connectivity index (χ2n) is 5.14. The van der Waals surface area contributed by atoms with Gasteiger partial charge in [0.05, 0.1) is 10.6 Å². The number of nitrogens with two attached hydrogens (primary N) is 1. The van der Waals surface area contributed by atoms with Crippen molar-refractivity contribution in [3.8, 4) is 11.5 Å². The van der Waals surface area contributed by atoms with Crippen LogP contribution in [0.25, 0.3) is 10.8 Å². The summed E-state index contributed by atoms with van der Waals surface area (Å²) in [6, 6.07) is 11.1. The number of ether oxygens (including phenoxy) is 1. The van der Waals surface area contributed by atoms with Crippen LogP contribution in [-0.4, -0.2) is 0 Å². The third-order valence-electron chi connectivity index (χ3n) is 3.38. The minimum atomic E-state index is -4.69. The van der Waals surface area contributed by atoms with Gasteiger partial charge >= 0.3 is 6.18 Å². The molecule has 0 heterocycles. The van der Waals surface area contributed by atoms with E-state index in [1.807, 2.05) is 0 Å². The van der Waals surface area contributed by atoms with E-state index in [9.17, 15) is 17.6 Å². The SMILES string of the molecule is Nc1ccc2ccc(Oc3c(F)cc(C(F)(F)F)cc3Cl)cc2c1. The summed E-state index contributed by atoms with van der Waals surface area (Å²) in [4.78, 5) is 0.